The third-order valence-corrected chi connectivity index (χ3v) is 10.7. The normalized spacial score (nSPS) is 20.6. The van der Waals surface area contributed by atoms with Gasteiger partial charge >= 0.3 is 0 Å². The third kappa shape index (κ3) is 13.7. The Morgan fingerprint density at radius 3 is 0.809 bits per heavy atom. The van der Waals surface area contributed by atoms with Crippen LogP contribution in [0, 0.1) is 17.3 Å². The molecule has 0 spiro atoms. The topological polar surface area (TPSA) is 73.8 Å². The Labute approximate surface area is 289 Å². The summed E-state index contributed by atoms with van der Waals surface area (Å²) in [6.45, 7) is 30.1. The summed E-state index contributed by atoms with van der Waals surface area (Å²) in [5.74, 6) is -0.822. The van der Waals surface area contributed by atoms with Crippen LogP contribution in [-0.2, 0) is 39.1 Å². The smallest absolute Gasteiger partial charge is 0.228 e. The van der Waals surface area contributed by atoms with Crippen LogP contribution in [0.15, 0.2) is 0 Å². The zero-order valence-corrected chi connectivity index (χ0v) is 33.2. The molecular weight excluding hydrogens is 596 g/mol. The predicted octanol–water partition coefficient (Wildman–Crippen LogP) is 11.9. The van der Waals surface area contributed by atoms with Crippen LogP contribution >= 0.6 is 0 Å². The minimum absolute atomic E-state index is 0.105. The molecule has 0 N–H and O–H groups in total. The maximum atomic E-state index is 6.23. The first-order valence-electron chi connectivity index (χ1n) is 19.2. The van der Waals surface area contributed by atoms with Gasteiger partial charge in [-0.05, 0) is 124 Å². The predicted molar refractivity (Wildman–Crippen MR) is 188 cm³/mol. The van der Waals surface area contributed by atoms with Crippen LogP contribution in [0.3, 0.4) is 0 Å². The summed E-state index contributed by atoms with van der Waals surface area (Å²) in [5, 5.41) is 0. The highest BCUT2D eigenvalue weighted by Gasteiger charge is 2.51. The summed E-state index contributed by atoms with van der Waals surface area (Å²) in [7, 11) is 0. The SMILES string of the molecule is CCCC(C)(C)OOC1(OOC(C)(C)CCC)CCC(C(C)(C)C2CCC(OOC(C)(C)CCC)(OOC(C)(C)CCC)CC2)CC1. The maximum absolute atomic E-state index is 6.23. The molecule has 0 amide bonds. The average molecular weight is 673 g/mol. The van der Waals surface area contributed by atoms with Crippen molar-refractivity contribution in [3.05, 3.63) is 0 Å². The molecule has 0 aliphatic heterocycles. The number of rotatable bonds is 22. The molecule has 0 radical (unpaired) electrons. The van der Waals surface area contributed by atoms with Gasteiger partial charge in [0, 0.05) is 25.7 Å². The minimum Gasteiger partial charge on any atom is -0.228 e. The molecule has 2 saturated carbocycles. The standard InChI is InChI=1S/C39H76O8/c1-15-23-33(5,6)40-44-38(45-41-34(7,8)24-16-2)27-19-31(20-28-38)37(13,14)32-21-29-39(30-22-32,46-42-35(9,10)25-17-3)47-43-36(11,12)26-18-4/h31-32H,15-30H2,1-14H3. The molecule has 0 unspecified atom stereocenters. The van der Waals surface area contributed by atoms with E-state index in [2.05, 4.69) is 96.9 Å². The fraction of sp³-hybridized carbons (Fsp3) is 1.00. The molecule has 0 bridgehead atoms. The lowest BCUT2D eigenvalue weighted by Gasteiger charge is -2.50. The highest BCUT2D eigenvalue weighted by molar-refractivity contribution is 4.94. The summed E-state index contributed by atoms with van der Waals surface area (Å²) < 4.78 is 0. The van der Waals surface area contributed by atoms with Crippen LogP contribution < -0.4 is 0 Å². The van der Waals surface area contributed by atoms with Gasteiger partial charge in [-0.3, -0.25) is 0 Å². The van der Waals surface area contributed by atoms with Gasteiger partial charge in [0.25, 0.3) is 0 Å². The van der Waals surface area contributed by atoms with Gasteiger partial charge in [0.05, 0.1) is 22.4 Å². The zero-order chi connectivity index (χ0) is 35.6. The van der Waals surface area contributed by atoms with E-state index in [0.29, 0.717) is 11.8 Å². The Hall–Kier alpha value is -0.320. The van der Waals surface area contributed by atoms with Gasteiger partial charge < -0.3 is 0 Å². The molecule has 8 nitrogen and oxygen atoms in total. The molecule has 0 atom stereocenters. The quantitative estimate of drug-likeness (QED) is 0.0639. The molecule has 280 valence electrons. The van der Waals surface area contributed by atoms with E-state index in [0.717, 1.165) is 103 Å². The van der Waals surface area contributed by atoms with E-state index in [9.17, 15) is 0 Å². The summed E-state index contributed by atoms with van der Waals surface area (Å²) in [5.41, 5.74) is -1.49. The van der Waals surface area contributed by atoms with E-state index in [1.807, 2.05) is 0 Å². The summed E-state index contributed by atoms with van der Waals surface area (Å²) in [6, 6.07) is 0. The van der Waals surface area contributed by atoms with E-state index in [-0.39, 0.29) is 5.41 Å². The Balaban J connectivity index is 2.14. The molecule has 0 saturated heterocycles. The summed E-state index contributed by atoms with van der Waals surface area (Å²) in [6.07, 6.45) is 14.4. The van der Waals surface area contributed by atoms with Crippen LogP contribution in [0.1, 0.15) is 200 Å². The highest BCUT2D eigenvalue weighted by Crippen LogP contribution is 2.53. The second-order valence-electron chi connectivity index (χ2n) is 17.9. The van der Waals surface area contributed by atoms with Crippen LogP contribution in [0.4, 0.5) is 0 Å². The van der Waals surface area contributed by atoms with Crippen LogP contribution in [0.5, 0.6) is 0 Å². The molecule has 0 heterocycles. The number of hydrogen-bond donors (Lipinski definition) is 0. The highest BCUT2D eigenvalue weighted by atomic mass is 17.3. The van der Waals surface area contributed by atoms with Gasteiger partial charge in [0.15, 0.2) is 0 Å². The first-order chi connectivity index (χ1) is 21.7. The summed E-state index contributed by atoms with van der Waals surface area (Å²) >= 11 is 0. The second kappa shape index (κ2) is 17.7. The first-order valence-corrected chi connectivity index (χ1v) is 19.2. The fourth-order valence-electron chi connectivity index (χ4n) is 7.63. The van der Waals surface area contributed by atoms with Crippen molar-refractivity contribution in [3.8, 4) is 0 Å². The van der Waals surface area contributed by atoms with E-state index < -0.39 is 34.0 Å². The van der Waals surface area contributed by atoms with E-state index in [1.165, 1.54) is 0 Å². The van der Waals surface area contributed by atoms with E-state index in [4.69, 9.17) is 39.1 Å². The Morgan fingerprint density at radius 2 is 0.617 bits per heavy atom. The number of hydrogen-bond acceptors (Lipinski definition) is 8. The van der Waals surface area contributed by atoms with Gasteiger partial charge in [-0.15, -0.1) is 0 Å². The molecule has 2 aliphatic rings. The maximum Gasteiger partial charge on any atom is 0.234 e. The van der Waals surface area contributed by atoms with Crippen molar-refractivity contribution in [2.24, 2.45) is 17.3 Å². The van der Waals surface area contributed by atoms with Gasteiger partial charge in [0.2, 0.25) is 11.6 Å². The molecule has 2 rings (SSSR count). The van der Waals surface area contributed by atoms with Gasteiger partial charge in [0.1, 0.15) is 0 Å². The summed E-state index contributed by atoms with van der Waals surface area (Å²) in [4.78, 5) is 49.2. The average Bonchev–Trinajstić information content (AvgIpc) is 2.98. The Kier molecular flexibility index (Phi) is 16.2. The van der Waals surface area contributed by atoms with Gasteiger partial charge in [-0.1, -0.05) is 67.2 Å². The molecule has 2 fully saturated rings. The third-order valence-electron chi connectivity index (χ3n) is 10.7. The molecule has 8 heteroatoms. The first kappa shape index (κ1) is 42.8. The largest absolute Gasteiger partial charge is 0.234 e. The lowest BCUT2D eigenvalue weighted by atomic mass is 9.60. The monoisotopic (exact) mass is 673 g/mol. The molecule has 0 aromatic rings. The van der Waals surface area contributed by atoms with Crippen molar-refractivity contribution in [1.82, 2.24) is 0 Å². The molecule has 0 aromatic heterocycles. The Morgan fingerprint density at radius 1 is 0.404 bits per heavy atom. The molecule has 2 aliphatic carbocycles. The van der Waals surface area contributed by atoms with Crippen LogP contribution in [-0.4, -0.2) is 34.0 Å². The van der Waals surface area contributed by atoms with Crippen molar-refractivity contribution in [3.63, 3.8) is 0 Å². The Bertz CT molecular complexity index is 761. The van der Waals surface area contributed by atoms with Crippen molar-refractivity contribution in [1.29, 1.82) is 0 Å². The van der Waals surface area contributed by atoms with E-state index in [1.54, 1.807) is 0 Å². The van der Waals surface area contributed by atoms with Crippen LogP contribution in [0.2, 0.25) is 0 Å². The van der Waals surface area contributed by atoms with E-state index >= 15 is 0 Å². The van der Waals surface area contributed by atoms with Crippen molar-refractivity contribution in [2.45, 2.75) is 234 Å². The van der Waals surface area contributed by atoms with Crippen molar-refractivity contribution >= 4 is 0 Å². The van der Waals surface area contributed by atoms with Crippen molar-refractivity contribution < 1.29 is 39.1 Å². The lowest BCUT2D eigenvalue weighted by molar-refractivity contribution is -0.550. The van der Waals surface area contributed by atoms with Crippen molar-refractivity contribution in [2.75, 3.05) is 0 Å². The van der Waals surface area contributed by atoms with Gasteiger partial charge in [-0.2, -0.15) is 19.6 Å². The van der Waals surface area contributed by atoms with Gasteiger partial charge in [-0.25, -0.2) is 19.6 Å². The van der Waals surface area contributed by atoms with Crippen LogP contribution in [0.25, 0.3) is 0 Å². The minimum atomic E-state index is -0.919. The lowest BCUT2D eigenvalue weighted by Crippen LogP contribution is -2.49. The molecule has 0 aromatic carbocycles. The zero-order valence-electron chi connectivity index (χ0n) is 33.2. The second-order valence-corrected chi connectivity index (χ2v) is 17.9. The molecular formula is C39H76O8. The fourth-order valence-corrected chi connectivity index (χ4v) is 7.63. The molecule has 47 heavy (non-hydrogen) atoms.